The molecule has 0 amide bonds. The Kier molecular flexibility index (Phi) is 3.55. The number of aromatic nitrogens is 2. The first-order chi connectivity index (χ1) is 10.8. The summed E-state index contributed by atoms with van der Waals surface area (Å²) < 4.78 is 3.49. The van der Waals surface area contributed by atoms with Crippen LogP contribution in [0.1, 0.15) is 20.8 Å². The van der Waals surface area contributed by atoms with Crippen molar-refractivity contribution in [3.05, 3.63) is 52.9 Å². The summed E-state index contributed by atoms with van der Waals surface area (Å²) in [5.41, 5.74) is 3.48. The lowest BCUT2D eigenvalue weighted by Gasteiger charge is -2.18. The highest BCUT2D eigenvalue weighted by Gasteiger charge is 2.18. The summed E-state index contributed by atoms with van der Waals surface area (Å²) in [6.07, 6.45) is 0. The van der Waals surface area contributed by atoms with Gasteiger partial charge in [-0.1, -0.05) is 45.0 Å². The molecule has 0 atom stereocenters. The first kappa shape index (κ1) is 15.4. The predicted octanol–water partition coefficient (Wildman–Crippen LogP) is 3.76. The number of nitrogens with zero attached hydrogens (tertiary/aromatic N) is 2. The normalized spacial score (nSPS) is 12.0. The van der Waals surface area contributed by atoms with Crippen molar-refractivity contribution in [1.29, 1.82) is 0 Å². The number of fused-ring (bicyclic) bond motifs is 1. The van der Waals surface area contributed by atoms with Crippen molar-refractivity contribution in [3.8, 4) is 16.9 Å². The van der Waals surface area contributed by atoms with Crippen LogP contribution in [-0.2, 0) is 13.6 Å². The van der Waals surface area contributed by atoms with E-state index in [4.69, 9.17) is 0 Å². The number of para-hydroxylation sites is 1. The van der Waals surface area contributed by atoms with E-state index in [1.807, 2.05) is 34.9 Å². The Bertz CT molecular complexity index is 927. The van der Waals surface area contributed by atoms with Gasteiger partial charge in [0.05, 0.1) is 11.0 Å². The molecule has 3 aromatic rings. The highest BCUT2D eigenvalue weighted by atomic mass is 16.3. The van der Waals surface area contributed by atoms with Crippen LogP contribution in [0.2, 0.25) is 0 Å². The van der Waals surface area contributed by atoms with Crippen molar-refractivity contribution in [2.75, 3.05) is 0 Å². The first-order valence-corrected chi connectivity index (χ1v) is 7.75. The number of rotatable bonds is 2. The van der Waals surface area contributed by atoms with Gasteiger partial charge < -0.3 is 5.11 Å². The Balaban J connectivity index is 2.21. The molecule has 23 heavy (non-hydrogen) atoms. The number of hydrogen-bond acceptors (Lipinski definition) is 2. The van der Waals surface area contributed by atoms with Gasteiger partial charge in [-0.05, 0) is 29.2 Å². The van der Waals surface area contributed by atoms with Crippen LogP contribution in [-0.4, -0.2) is 14.2 Å². The molecular formula is C19H22N2O2. The van der Waals surface area contributed by atoms with E-state index in [-0.39, 0.29) is 16.9 Å². The second-order valence-electron chi connectivity index (χ2n) is 7.21. The zero-order chi connectivity index (χ0) is 16.8. The average Bonchev–Trinajstić information content (AvgIpc) is 2.71. The summed E-state index contributed by atoms with van der Waals surface area (Å²) >= 11 is 0. The van der Waals surface area contributed by atoms with Crippen LogP contribution >= 0.6 is 0 Å². The zero-order valence-electron chi connectivity index (χ0n) is 14.0. The third kappa shape index (κ3) is 2.77. The Hall–Kier alpha value is -2.49. The smallest absolute Gasteiger partial charge is 0.328 e. The summed E-state index contributed by atoms with van der Waals surface area (Å²) in [6.45, 7) is 7.02. The maximum Gasteiger partial charge on any atom is 0.328 e. The first-order valence-electron chi connectivity index (χ1n) is 7.75. The number of hydrogen-bond donors (Lipinski definition) is 1. The molecule has 1 heterocycles. The molecule has 1 aromatic heterocycles. The molecule has 4 heteroatoms. The van der Waals surface area contributed by atoms with Gasteiger partial charge >= 0.3 is 5.69 Å². The number of aromatic hydroxyl groups is 1. The minimum absolute atomic E-state index is 0.00985. The predicted molar refractivity (Wildman–Crippen MR) is 93.7 cm³/mol. The van der Waals surface area contributed by atoms with Crippen LogP contribution in [0.25, 0.3) is 22.2 Å². The fourth-order valence-electron chi connectivity index (χ4n) is 2.92. The maximum absolute atomic E-state index is 12.6. The number of phenols is 1. The molecule has 3 rings (SSSR count). The molecule has 0 saturated carbocycles. The molecule has 0 radical (unpaired) electrons. The third-order valence-electron chi connectivity index (χ3n) is 3.99. The summed E-state index contributed by atoms with van der Waals surface area (Å²) in [6, 6.07) is 13.1. The molecule has 0 saturated heterocycles. The van der Waals surface area contributed by atoms with Crippen molar-refractivity contribution >= 4 is 11.0 Å². The van der Waals surface area contributed by atoms with Crippen molar-refractivity contribution in [1.82, 2.24) is 9.13 Å². The molecular weight excluding hydrogens is 288 g/mol. The Labute approximate surface area is 135 Å². The number of aryl methyl sites for hydroxylation is 1. The van der Waals surface area contributed by atoms with Crippen molar-refractivity contribution in [3.63, 3.8) is 0 Å². The third-order valence-corrected chi connectivity index (χ3v) is 3.99. The minimum Gasteiger partial charge on any atom is -0.507 e. The van der Waals surface area contributed by atoms with Gasteiger partial charge in [0.15, 0.2) is 0 Å². The summed E-state index contributed by atoms with van der Waals surface area (Å²) in [4.78, 5) is 12.6. The molecule has 0 aliphatic heterocycles. The molecule has 0 fully saturated rings. The molecule has 0 aliphatic rings. The molecule has 0 unspecified atom stereocenters. The van der Waals surface area contributed by atoms with E-state index in [1.54, 1.807) is 23.7 Å². The van der Waals surface area contributed by atoms with Gasteiger partial charge in [0.2, 0.25) is 0 Å². The lowest BCUT2D eigenvalue weighted by molar-refractivity contribution is 0.342. The monoisotopic (exact) mass is 310 g/mol. The fourth-order valence-corrected chi connectivity index (χ4v) is 2.92. The Morgan fingerprint density at radius 3 is 2.39 bits per heavy atom. The van der Waals surface area contributed by atoms with E-state index in [0.29, 0.717) is 6.54 Å². The van der Waals surface area contributed by atoms with Gasteiger partial charge in [-0.2, -0.15) is 0 Å². The fraction of sp³-hybridized carbons (Fsp3) is 0.316. The van der Waals surface area contributed by atoms with Crippen LogP contribution in [0, 0.1) is 5.41 Å². The molecule has 2 aromatic carbocycles. The summed E-state index contributed by atoms with van der Waals surface area (Å²) in [7, 11) is 1.79. The van der Waals surface area contributed by atoms with Gasteiger partial charge in [0.1, 0.15) is 5.75 Å². The van der Waals surface area contributed by atoms with Crippen molar-refractivity contribution in [2.24, 2.45) is 12.5 Å². The molecule has 120 valence electrons. The molecule has 0 spiro atoms. The summed E-state index contributed by atoms with van der Waals surface area (Å²) in [5, 5.41) is 10.0. The lowest BCUT2D eigenvalue weighted by Crippen LogP contribution is -2.27. The molecule has 0 aliphatic carbocycles. The van der Waals surface area contributed by atoms with E-state index >= 15 is 0 Å². The Morgan fingerprint density at radius 1 is 1.04 bits per heavy atom. The van der Waals surface area contributed by atoms with Crippen LogP contribution in [0.3, 0.4) is 0 Å². The van der Waals surface area contributed by atoms with E-state index in [0.717, 1.165) is 22.2 Å². The minimum atomic E-state index is -0.00985. The van der Waals surface area contributed by atoms with Crippen LogP contribution in [0.15, 0.2) is 47.3 Å². The maximum atomic E-state index is 12.6. The Morgan fingerprint density at radius 2 is 1.74 bits per heavy atom. The number of imidazole rings is 1. The van der Waals surface area contributed by atoms with E-state index < -0.39 is 0 Å². The van der Waals surface area contributed by atoms with Crippen molar-refractivity contribution in [2.45, 2.75) is 27.3 Å². The van der Waals surface area contributed by atoms with Gasteiger partial charge in [0.25, 0.3) is 0 Å². The van der Waals surface area contributed by atoms with Gasteiger partial charge in [-0.25, -0.2) is 4.79 Å². The van der Waals surface area contributed by atoms with Crippen LogP contribution in [0.4, 0.5) is 0 Å². The van der Waals surface area contributed by atoms with Crippen molar-refractivity contribution < 1.29 is 5.11 Å². The number of phenolic OH excluding ortho intramolecular Hbond substituents is 1. The van der Waals surface area contributed by atoms with Gasteiger partial charge in [0, 0.05) is 19.2 Å². The van der Waals surface area contributed by atoms with Gasteiger partial charge in [-0.3, -0.25) is 9.13 Å². The summed E-state index contributed by atoms with van der Waals surface area (Å²) in [5.74, 6) is 0.242. The largest absolute Gasteiger partial charge is 0.507 e. The van der Waals surface area contributed by atoms with Crippen LogP contribution < -0.4 is 5.69 Å². The molecule has 0 bridgehead atoms. The molecule has 4 nitrogen and oxygen atoms in total. The standard InChI is InChI=1S/C19H22N2O2/c1-19(2,3)12-21-15-10-9-13(11-16(15)20(4)18(21)23)14-7-5-6-8-17(14)22/h5-11,22H,12H2,1-4H3. The highest BCUT2D eigenvalue weighted by Crippen LogP contribution is 2.31. The average molecular weight is 310 g/mol. The second-order valence-corrected chi connectivity index (χ2v) is 7.21. The highest BCUT2D eigenvalue weighted by molar-refractivity contribution is 5.84. The second kappa shape index (κ2) is 5.30. The van der Waals surface area contributed by atoms with Gasteiger partial charge in [-0.15, -0.1) is 0 Å². The van der Waals surface area contributed by atoms with Crippen LogP contribution in [0.5, 0.6) is 5.75 Å². The molecule has 1 N–H and O–H groups in total. The van der Waals surface area contributed by atoms with E-state index in [1.165, 1.54) is 0 Å². The van der Waals surface area contributed by atoms with E-state index in [2.05, 4.69) is 20.8 Å². The zero-order valence-corrected chi connectivity index (χ0v) is 14.0. The lowest BCUT2D eigenvalue weighted by atomic mass is 9.97. The quantitative estimate of drug-likeness (QED) is 0.783. The topological polar surface area (TPSA) is 47.2 Å². The van der Waals surface area contributed by atoms with E-state index in [9.17, 15) is 9.90 Å². The number of benzene rings is 2. The SMILES string of the molecule is Cn1c(=O)n(CC(C)(C)C)c2ccc(-c3ccccc3O)cc21.